The molecule has 6 heteroatoms. The Morgan fingerprint density at radius 3 is 2.83 bits per heavy atom. The van der Waals surface area contributed by atoms with Crippen LogP contribution in [0.3, 0.4) is 0 Å². The zero-order valence-electron chi connectivity index (χ0n) is 13.0. The Hall–Kier alpha value is -2.60. The zero-order valence-corrected chi connectivity index (χ0v) is 13.8. The topological polar surface area (TPSA) is 51.5 Å². The van der Waals surface area contributed by atoms with Gasteiger partial charge in [0.2, 0.25) is 0 Å². The number of hydrogen-bond acceptors (Lipinski definition) is 4. The lowest BCUT2D eigenvalue weighted by atomic mass is 10.0. The molecule has 0 radical (unpaired) electrons. The van der Waals surface area contributed by atoms with E-state index in [0.717, 1.165) is 10.6 Å². The van der Waals surface area contributed by atoms with Gasteiger partial charge in [-0.1, -0.05) is 6.07 Å². The molecule has 0 aliphatic carbocycles. The van der Waals surface area contributed by atoms with Crippen LogP contribution in [0.4, 0.5) is 4.39 Å². The van der Waals surface area contributed by atoms with Gasteiger partial charge in [0.05, 0.1) is 19.3 Å². The van der Waals surface area contributed by atoms with Crippen LogP contribution < -0.4 is 10.1 Å². The van der Waals surface area contributed by atoms with Gasteiger partial charge < -0.3 is 14.5 Å². The van der Waals surface area contributed by atoms with Gasteiger partial charge in [-0.15, -0.1) is 11.3 Å². The van der Waals surface area contributed by atoms with Crippen molar-refractivity contribution in [3.05, 3.63) is 76.1 Å². The van der Waals surface area contributed by atoms with Gasteiger partial charge in [0.25, 0.3) is 5.91 Å². The predicted octanol–water partition coefficient (Wildman–Crippen LogP) is 4.05. The van der Waals surface area contributed by atoms with Crippen molar-refractivity contribution in [1.82, 2.24) is 5.32 Å². The van der Waals surface area contributed by atoms with Crippen LogP contribution in [-0.2, 0) is 0 Å². The van der Waals surface area contributed by atoms with Gasteiger partial charge in [0.1, 0.15) is 5.76 Å². The first-order valence-electron chi connectivity index (χ1n) is 7.37. The van der Waals surface area contributed by atoms with E-state index in [1.807, 2.05) is 29.6 Å². The summed E-state index contributed by atoms with van der Waals surface area (Å²) in [5, 5.41) is 4.82. The summed E-state index contributed by atoms with van der Waals surface area (Å²) >= 11 is 1.60. The molecule has 0 fully saturated rings. The Morgan fingerprint density at radius 2 is 2.21 bits per heavy atom. The molecule has 1 amide bonds. The van der Waals surface area contributed by atoms with Crippen molar-refractivity contribution in [2.24, 2.45) is 0 Å². The number of thiophene rings is 1. The highest BCUT2D eigenvalue weighted by Crippen LogP contribution is 2.28. The summed E-state index contributed by atoms with van der Waals surface area (Å²) in [6.07, 6.45) is 1.61. The van der Waals surface area contributed by atoms with Gasteiger partial charge in [-0.2, -0.15) is 0 Å². The molecule has 124 valence electrons. The first-order valence-corrected chi connectivity index (χ1v) is 8.25. The summed E-state index contributed by atoms with van der Waals surface area (Å²) < 4.78 is 24.1. The third kappa shape index (κ3) is 3.49. The third-order valence-electron chi connectivity index (χ3n) is 3.65. The molecule has 1 aromatic carbocycles. The smallest absolute Gasteiger partial charge is 0.251 e. The highest BCUT2D eigenvalue weighted by molar-refractivity contribution is 7.10. The molecule has 1 atom stereocenters. The summed E-state index contributed by atoms with van der Waals surface area (Å²) in [6.45, 7) is 0.362. The van der Waals surface area contributed by atoms with E-state index < -0.39 is 5.82 Å². The Balaban J connectivity index is 1.73. The zero-order chi connectivity index (χ0) is 16.9. The normalized spacial score (nSPS) is 11.9. The van der Waals surface area contributed by atoms with E-state index in [4.69, 9.17) is 9.15 Å². The van der Waals surface area contributed by atoms with E-state index in [1.54, 1.807) is 17.6 Å². The molecule has 0 spiro atoms. The summed E-state index contributed by atoms with van der Waals surface area (Å²) in [5.41, 5.74) is 0.248. The Morgan fingerprint density at radius 1 is 1.33 bits per heavy atom. The number of amides is 1. The van der Waals surface area contributed by atoms with Gasteiger partial charge in [-0.25, -0.2) is 4.39 Å². The van der Waals surface area contributed by atoms with Crippen molar-refractivity contribution < 1.29 is 18.3 Å². The molecule has 4 nitrogen and oxygen atoms in total. The van der Waals surface area contributed by atoms with Crippen LogP contribution in [0.1, 0.15) is 26.9 Å². The number of halogens is 1. The van der Waals surface area contributed by atoms with E-state index >= 15 is 0 Å². The highest BCUT2D eigenvalue weighted by Gasteiger charge is 2.19. The van der Waals surface area contributed by atoms with Crippen LogP contribution in [0.15, 0.2) is 58.5 Å². The first kappa shape index (κ1) is 16.3. The summed E-state index contributed by atoms with van der Waals surface area (Å²) in [6, 6.07) is 11.8. The quantitative estimate of drug-likeness (QED) is 0.733. The van der Waals surface area contributed by atoms with Gasteiger partial charge in [-0.05, 0) is 41.8 Å². The van der Waals surface area contributed by atoms with Crippen molar-refractivity contribution in [3.8, 4) is 5.75 Å². The second-order valence-corrected chi connectivity index (χ2v) is 6.12. The minimum atomic E-state index is -0.564. The monoisotopic (exact) mass is 345 g/mol. The molecule has 3 aromatic rings. The fourth-order valence-corrected chi connectivity index (χ4v) is 3.26. The lowest BCUT2D eigenvalue weighted by Gasteiger charge is -2.14. The Labute approximate surface area is 142 Å². The third-order valence-corrected chi connectivity index (χ3v) is 4.64. The second-order valence-electron chi connectivity index (χ2n) is 5.14. The van der Waals surface area contributed by atoms with Crippen molar-refractivity contribution >= 4 is 17.2 Å². The molecule has 2 aromatic heterocycles. The fraction of sp³-hybridized carbons (Fsp3) is 0.167. The maximum atomic E-state index is 13.7. The van der Waals surface area contributed by atoms with Crippen molar-refractivity contribution in [2.45, 2.75) is 5.92 Å². The number of methoxy groups -OCH3 is 1. The largest absolute Gasteiger partial charge is 0.494 e. The molecule has 0 unspecified atom stereocenters. The lowest BCUT2D eigenvalue weighted by molar-refractivity contribution is 0.0951. The predicted molar refractivity (Wildman–Crippen MR) is 90.2 cm³/mol. The van der Waals surface area contributed by atoms with Crippen LogP contribution in [0.25, 0.3) is 0 Å². The molecule has 1 N–H and O–H groups in total. The molecule has 0 aliphatic heterocycles. The van der Waals surface area contributed by atoms with Gasteiger partial charge in [-0.3, -0.25) is 4.79 Å². The van der Waals surface area contributed by atoms with E-state index in [1.165, 1.54) is 25.3 Å². The first-order chi connectivity index (χ1) is 11.7. The number of nitrogens with one attached hydrogen (secondary N) is 1. The van der Waals surface area contributed by atoms with E-state index in [-0.39, 0.29) is 23.1 Å². The van der Waals surface area contributed by atoms with E-state index in [0.29, 0.717) is 6.54 Å². The van der Waals surface area contributed by atoms with E-state index in [2.05, 4.69) is 5.32 Å². The number of hydrogen-bond donors (Lipinski definition) is 1. The number of carbonyl (C=O) groups is 1. The molecule has 0 saturated carbocycles. The maximum absolute atomic E-state index is 13.7. The highest BCUT2D eigenvalue weighted by atomic mass is 32.1. The molecule has 0 saturated heterocycles. The average molecular weight is 345 g/mol. The van der Waals surface area contributed by atoms with Crippen molar-refractivity contribution in [3.63, 3.8) is 0 Å². The number of carbonyl (C=O) groups excluding carboxylic acids is 1. The van der Waals surface area contributed by atoms with Crippen LogP contribution in [0.5, 0.6) is 5.75 Å². The van der Waals surface area contributed by atoms with Crippen LogP contribution in [0.2, 0.25) is 0 Å². The van der Waals surface area contributed by atoms with Gasteiger partial charge in [0, 0.05) is 17.0 Å². The fourth-order valence-electron chi connectivity index (χ4n) is 2.42. The molecule has 0 aliphatic rings. The molecule has 0 bridgehead atoms. The standard InChI is InChI=1S/C18H16FNO3S/c1-22-16-7-6-12(10-14(16)19)18(21)20-11-13(15-4-2-8-23-15)17-5-3-9-24-17/h2-10,13H,11H2,1H3,(H,20,21)/t13-/m1/s1. The second kappa shape index (κ2) is 7.31. The molecular weight excluding hydrogens is 329 g/mol. The molecule has 24 heavy (non-hydrogen) atoms. The minimum absolute atomic E-state index is 0.0768. The van der Waals surface area contributed by atoms with Gasteiger partial charge in [0.15, 0.2) is 11.6 Å². The molecule has 2 heterocycles. The average Bonchev–Trinajstić information content (AvgIpc) is 3.29. The summed E-state index contributed by atoms with van der Waals surface area (Å²) in [5.74, 6) is -0.0973. The number of benzene rings is 1. The number of ether oxygens (including phenoxy) is 1. The van der Waals surface area contributed by atoms with Crippen LogP contribution in [-0.4, -0.2) is 19.6 Å². The minimum Gasteiger partial charge on any atom is -0.494 e. The summed E-state index contributed by atoms with van der Waals surface area (Å²) in [4.78, 5) is 13.4. The molecule has 3 rings (SSSR count). The van der Waals surface area contributed by atoms with E-state index in [9.17, 15) is 9.18 Å². The Kier molecular flexibility index (Phi) is 4.96. The number of furan rings is 1. The van der Waals surface area contributed by atoms with Crippen molar-refractivity contribution in [2.75, 3.05) is 13.7 Å². The molecular formula is C18H16FNO3S. The number of rotatable bonds is 6. The van der Waals surface area contributed by atoms with Gasteiger partial charge >= 0.3 is 0 Å². The van der Waals surface area contributed by atoms with Crippen LogP contribution >= 0.6 is 11.3 Å². The lowest BCUT2D eigenvalue weighted by Crippen LogP contribution is -2.28. The Bertz CT molecular complexity index is 766. The SMILES string of the molecule is COc1ccc(C(=O)NC[C@H](c2ccco2)c2cccs2)cc1F. The van der Waals surface area contributed by atoms with Crippen molar-refractivity contribution in [1.29, 1.82) is 0 Å². The van der Waals surface area contributed by atoms with Crippen LogP contribution in [0, 0.1) is 5.82 Å². The summed E-state index contributed by atoms with van der Waals surface area (Å²) in [7, 11) is 1.38. The maximum Gasteiger partial charge on any atom is 0.251 e.